The number of nitrogens with zero attached hydrogens (tertiary/aromatic N) is 2. The summed E-state index contributed by atoms with van der Waals surface area (Å²) in [5.41, 5.74) is 0.391. The highest BCUT2D eigenvalue weighted by Gasteiger charge is 2.22. The van der Waals surface area contributed by atoms with E-state index in [0.29, 0.717) is 11.7 Å². The highest BCUT2D eigenvalue weighted by atomic mass is 35.5. The lowest BCUT2D eigenvalue weighted by Crippen LogP contribution is -2.46. The Morgan fingerprint density at radius 2 is 2.32 bits per heavy atom. The first-order chi connectivity index (χ1) is 9.00. The van der Waals surface area contributed by atoms with Gasteiger partial charge in [0.2, 0.25) is 0 Å². The summed E-state index contributed by atoms with van der Waals surface area (Å²) in [7, 11) is 0. The van der Waals surface area contributed by atoms with E-state index in [0.717, 1.165) is 19.4 Å². The van der Waals surface area contributed by atoms with Crippen molar-refractivity contribution >= 4 is 17.3 Å². The van der Waals surface area contributed by atoms with Gasteiger partial charge in [0.05, 0.1) is 17.9 Å². The predicted molar refractivity (Wildman–Crippen MR) is 78.0 cm³/mol. The third-order valence-corrected chi connectivity index (χ3v) is 3.90. The quantitative estimate of drug-likeness (QED) is 0.892. The molecule has 0 radical (unpaired) electrons. The average molecular weight is 285 g/mol. The molecule has 2 heterocycles. The van der Waals surface area contributed by atoms with Crippen LogP contribution in [0.15, 0.2) is 11.0 Å². The fourth-order valence-electron chi connectivity index (χ4n) is 2.35. The summed E-state index contributed by atoms with van der Waals surface area (Å²) in [5, 5.41) is 11.1. The number of rotatable bonds is 3. The molecule has 2 rings (SSSR count). The smallest absolute Gasteiger partial charge is 0.287 e. The van der Waals surface area contributed by atoms with Crippen molar-refractivity contribution in [3.05, 3.63) is 21.6 Å². The molecule has 1 aromatic heterocycles. The number of aromatic nitrogens is 2. The van der Waals surface area contributed by atoms with Crippen LogP contribution < -0.4 is 16.2 Å². The Labute approximate surface area is 118 Å². The number of piperidine rings is 1. The molecular weight excluding hydrogens is 264 g/mol. The van der Waals surface area contributed by atoms with Crippen molar-refractivity contribution in [2.45, 2.75) is 51.7 Å². The van der Waals surface area contributed by atoms with E-state index < -0.39 is 0 Å². The van der Waals surface area contributed by atoms with E-state index in [2.05, 4.69) is 22.7 Å². The number of nitrogens with one attached hydrogen (secondary N) is 2. The molecule has 19 heavy (non-hydrogen) atoms. The zero-order chi connectivity index (χ0) is 14.0. The molecule has 6 heteroatoms. The fourth-order valence-corrected chi connectivity index (χ4v) is 2.54. The molecule has 1 saturated heterocycles. The SMILES string of the molecule is CC1NCCCC1Nc1cnn(C(C)C)c(=O)c1Cl. The van der Waals surface area contributed by atoms with E-state index in [4.69, 9.17) is 11.6 Å². The minimum atomic E-state index is -0.238. The minimum Gasteiger partial charge on any atom is -0.378 e. The Kier molecular flexibility index (Phi) is 4.47. The first-order valence-corrected chi connectivity index (χ1v) is 7.15. The molecule has 0 spiro atoms. The molecule has 106 valence electrons. The minimum absolute atomic E-state index is 0.00863. The lowest BCUT2D eigenvalue weighted by Gasteiger charge is -2.31. The van der Waals surface area contributed by atoms with Crippen molar-refractivity contribution in [1.82, 2.24) is 15.1 Å². The van der Waals surface area contributed by atoms with Crippen molar-refractivity contribution in [3.8, 4) is 0 Å². The summed E-state index contributed by atoms with van der Waals surface area (Å²) < 4.78 is 1.40. The second-order valence-corrected chi connectivity index (χ2v) is 5.73. The topological polar surface area (TPSA) is 59.0 Å². The van der Waals surface area contributed by atoms with Crippen LogP contribution in [0.1, 0.15) is 39.7 Å². The van der Waals surface area contributed by atoms with Gasteiger partial charge >= 0.3 is 0 Å². The standard InChI is InChI=1S/C13H21ClN4O/c1-8(2)18-13(19)12(14)11(7-16-18)17-10-5-4-6-15-9(10)3/h7-10,15,17H,4-6H2,1-3H3. The van der Waals surface area contributed by atoms with Gasteiger partial charge in [-0.2, -0.15) is 5.10 Å². The Bertz CT molecular complexity index is 500. The molecule has 0 aliphatic carbocycles. The number of hydrogen-bond acceptors (Lipinski definition) is 4. The van der Waals surface area contributed by atoms with E-state index in [-0.39, 0.29) is 22.7 Å². The summed E-state index contributed by atoms with van der Waals surface area (Å²) in [4.78, 5) is 12.1. The Morgan fingerprint density at radius 3 is 2.95 bits per heavy atom. The molecule has 2 atom stereocenters. The Balaban J connectivity index is 2.21. The fraction of sp³-hybridized carbons (Fsp3) is 0.692. The van der Waals surface area contributed by atoms with Crippen molar-refractivity contribution < 1.29 is 0 Å². The third kappa shape index (κ3) is 3.09. The monoisotopic (exact) mass is 284 g/mol. The molecule has 0 bridgehead atoms. The lowest BCUT2D eigenvalue weighted by molar-refractivity contribution is 0.389. The van der Waals surface area contributed by atoms with E-state index in [1.54, 1.807) is 6.20 Å². The van der Waals surface area contributed by atoms with Crippen molar-refractivity contribution in [1.29, 1.82) is 0 Å². The molecule has 0 saturated carbocycles. The maximum absolute atomic E-state index is 12.1. The molecule has 1 fully saturated rings. The summed E-state index contributed by atoms with van der Waals surface area (Å²) in [6.07, 6.45) is 3.83. The number of hydrogen-bond donors (Lipinski definition) is 2. The van der Waals surface area contributed by atoms with Gasteiger partial charge in [0.25, 0.3) is 5.56 Å². The molecule has 1 aromatic rings. The van der Waals surface area contributed by atoms with Crippen molar-refractivity contribution in [2.24, 2.45) is 0 Å². The summed E-state index contributed by atoms with van der Waals surface area (Å²) >= 11 is 6.15. The average Bonchev–Trinajstić information content (AvgIpc) is 2.37. The van der Waals surface area contributed by atoms with Crippen molar-refractivity contribution in [3.63, 3.8) is 0 Å². The maximum Gasteiger partial charge on any atom is 0.287 e. The predicted octanol–water partition coefficient (Wildman–Crippen LogP) is 2.03. The zero-order valence-corrected chi connectivity index (χ0v) is 12.4. The largest absolute Gasteiger partial charge is 0.378 e. The van der Waals surface area contributed by atoms with Gasteiger partial charge in [-0.1, -0.05) is 11.6 Å². The number of anilines is 1. The van der Waals surface area contributed by atoms with E-state index in [9.17, 15) is 4.79 Å². The Morgan fingerprint density at radius 1 is 1.58 bits per heavy atom. The molecule has 0 aromatic carbocycles. The number of halogens is 1. The Hall–Kier alpha value is -1.07. The molecule has 0 amide bonds. The first-order valence-electron chi connectivity index (χ1n) is 6.78. The molecule has 2 N–H and O–H groups in total. The third-order valence-electron chi connectivity index (χ3n) is 3.54. The van der Waals surface area contributed by atoms with Gasteiger partial charge in [0, 0.05) is 12.1 Å². The van der Waals surface area contributed by atoms with Gasteiger partial charge in [0.1, 0.15) is 5.02 Å². The van der Waals surface area contributed by atoms with Gasteiger partial charge in [-0.3, -0.25) is 4.79 Å². The van der Waals surface area contributed by atoms with Crippen LogP contribution in [0.4, 0.5) is 5.69 Å². The summed E-state index contributed by atoms with van der Waals surface area (Å²) in [6, 6.07) is 0.647. The van der Waals surface area contributed by atoms with E-state index in [1.165, 1.54) is 4.68 Å². The highest BCUT2D eigenvalue weighted by molar-refractivity contribution is 6.32. The summed E-state index contributed by atoms with van der Waals surface area (Å²) in [5.74, 6) is 0. The van der Waals surface area contributed by atoms with Gasteiger partial charge in [-0.25, -0.2) is 4.68 Å². The van der Waals surface area contributed by atoms with Crippen LogP contribution in [-0.2, 0) is 0 Å². The van der Waals surface area contributed by atoms with Gasteiger partial charge in [0.15, 0.2) is 0 Å². The van der Waals surface area contributed by atoms with Gasteiger partial charge in [-0.15, -0.1) is 0 Å². The van der Waals surface area contributed by atoms with Gasteiger partial charge in [-0.05, 0) is 40.2 Å². The van der Waals surface area contributed by atoms with Crippen LogP contribution >= 0.6 is 11.6 Å². The van der Waals surface area contributed by atoms with Crippen LogP contribution in [0.2, 0.25) is 5.02 Å². The van der Waals surface area contributed by atoms with Crippen LogP contribution in [0.5, 0.6) is 0 Å². The van der Waals surface area contributed by atoms with Crippen LogP contribution in [0, 0.1) is 0 Å². The maximum atomic E-state index is 12.1. The molecular formula is C13H21ClN4O. The molecule has 5 nitrogen and oxygen atoms in total. The van der Waals surface area contributed by atoms with Crippen LogP contribution in [0.3, 0.4) is 0 Å². The summed E-state index contributed by atoms with van der Waals surface area (Å²) in [6.45, 7) is 6.99. The molecule has 1 aliphatic heterocycles. The second-order valence-electron chi connectivity index (χ2n) is 5.35. The van der Waals surface area contributed by atoms with Crippen molar-refractivity contribution in [2.75, 3.05) is 11.9 Å². The zero-order valence-electron chi connectivity index (χ0n) is 11.6. The van der Waals surface area contributed by atoms with Crippen LogP contribution in [0.25, 0.3) is 0 Å². The van der Waals surface area contributed by atoms with E-state index in [1.807, 2.05) is 13.8 Å². The second kappa shape index (κ2) is 5.92. The first kappa shape index (κ1) is 14.3. The van der Waals surface area contributed by atoms with Gasteiger partial charge < -0.3 is 10.6 Å². The lowest BCUT2D eigenvalue weighted by atomic mass is 10.00. The normalized spacial score (nSPS) is 23.6. The molecule has 2 unspecified atom stereocenters. The molecule has 1 aliphatic rings. The highest BCUT2D eigenvalue weighted by Crippen LogP contribution is 2.21. The van der Waals surface area contributed by atoms with Crippen LogP contribution in [-0.4, -0.2) is 28.4 Å². The van der Waals surface area contributed by atoms with E-state index >= 15 is 0 Å².